The highest BCUT2D eigenvalue weighted by Gasteiger charge is 2.07. The average molecular weight is 422 g/mol. The zero-order chi connectivity index (χ0) is 21.3. The van der Waals surface area contributed by atoms with Crippen molar-refractivity contribution in [3.05, 3.63) is 88.9 Å². The van der Waals surface area contributed by atoms with Gasteiger partial charge in [-0.3, -0.25) is 4.79 Å². The van der Waals surface area contributed by atoms with Crippen LogP contribution < -0.4 is 14.8 Å². The number of anilines is 1. The van der Waals surface area contributed by atoms with E-state index in [1.54, 1.807) is 67.8 Å². The minimum absolute atomic E-state index is 0.0814. The molecule has 0 saturated heterocycles. The highest BCUT2D eigenvalue weighted by Crippen LogP contribution is 2.20. The lowest BCUT2D eigenvalue weighted by Crippen LogP contribution is -2.14. The molecular weight excluding hydrogens is 402 g/mol. The number of carbonyl (C=O) groups is 1. The number of halogens is 1. The molecule has 0 aromatic heterocycles. The Kier molecular flexibility index (Phi) is 7.28. The number of hydrogen-bond acceptors (Lipinski definition) is 4. The molecule has 1 N–H and O–H groups in total. The fourth-order valence-corrected chi connectivity index (χ4v) is 2.87. The third kappa shape index (κ3) is 5.98. The van der Waals surface area contributed by atoms with Gasteiger partial charge in [0.05, 0.1) is 19.1 Å². The van der Waals surface area contributed by atoms with Crippen LogP contribution in [0.3, 0.4) is 0 Å². The van der Waals surface area contributed by atoms with E-state index in [0.29, 0.717) is 27.8 Å². The van der Waals surface area contributed by atoms with Crippen LogP contribution in [0.15, 0.2) is 72.8 Å². The Balaban J connectivity index is 1.53. The Labute approximate surface area is 179 Å². The molecule has 0 bridgehead atoms. The van der Waals surface area contributed by atoms with Gasteiger partial charge in [-0.2, -0.15) is 0 Å². The maximum absolute atomic E-state index is 12.2. The smallest absolute Gasteiger partial charge is 0.228 e. The Bertz CT molecular complexity index is 1040. The van der Waals surface area contributed by atoms with Gasteiger partial charge in [-0.25, -0.2) is 4.79 Å². The standard InChI is InChI=1S/C24H20ClNO4/c1-29-22-10-4-18(5-11-22)19(15-27)16-30-23-12-8-21(9-13-23)26-24(28)14-17-2-6-20(25)7-3-17/h2-13H,14,16H2,1H3,(H,26,28). The van der Waals surface area contributed by atoms with Gasteiger partial charge >= 0.3 is 0 Å². The van der Waals surface area contributed by atoms with E-state index >= 15 is 0 Å². The van der Waals surface area contributed by atoms with E-state index in [2.05, 4.69) is 5.32 Å². The van der Waals surface area contributed by atoms with E-state index < -0.39 is 0 Å². The molecule has 30 heavy (non-hydrogen) atoms. The second-order valence-electron chi connectivity index (χ2n) is 6.47. The molecule has 6 heteroatoms. The molecule has 0 aliphatic heterocycles. The number of benzene rings is 3. The minimum Gasteiger partial charge on any atom is -0.497 e. The average Bonchev–Trinajstić information content (AvgIpc) is 2.77. The largest absolute Gasteiger partial charge is 0.497 e. The first-order valence-electron chi connectivity index (χ1n) is 9.23. The van der Waals surface area contributed by atoms with Gasteiger partial charge in [0.25, 0.3) is 0 Å². The van der Waals surface area contributed by atoms with Gasteiger partial charge in [0.2, 0.25) is 5.91 Å². The lowest BCUT2D eigenvalue weighted by Gasteiger charge is -2.10. The summed E-state index contributed by atoms with van der Waals surface area (Å²) in [5.74, 6) is 3.08. The van der Waals surface area contributed by atoms with Gasteiger partial charge in [0.1, 0.15) is 24.0 Å². The van der Waals surface area contributed by atoms with Crippen LogP contribution in [0.25, 0.3) is 5.57 Å². The van der Waals surface area contributed by atoms with Gasteiger partial charge in [0.15, 0.2) is 0 Å². The topological polar surface area (TPSA) is 64.6 Å². The number of nitrogens with one attached hydrogen (secondary N) is 1. The molecule has 3 aromatic carbocycles. The Morgan fingerprint density at radius 3 is 2.17 bits per heavy atom. The summed E-state index contributed by atoms with van der Waals surface area (Å²) in [7, 11) is 1.58. The van der Waals surface area contributed by atoms with Crippen LogP contribution >= 0.6 is 11.6 Å². The van der Waals surface area contributed by atoms with E-state index in [-0.39, 0.29) is 18.9 Å². The zero-order valence-electron chi connectivity index (χ0n) is 16.4. The van der Waals surface area contributed by atoms with Gasteiger partial charge in [0, 0.05) is 10.7 Å². The lowest BCUT2D eigenvalue weighted by molar-refractivity contribution is -0.115. The monoisotopic (exact) mass is 421 g/mol. The summed E-state index contributed by atoms with van der Waals surface area (Å²) in [4.78, 5) is 23.5. The molecule has 0 fully saturated rings. The van der Waals surface area contributed by atoms with Crippen molar-refractivity contribution in [2.45, 2.75) is 6.42 Å². The van der Waals surface area contributed by atoms with E-state index in [1.807, 2.05) is 18.1 Å². The maximum atomic E-state index is 12.2. The summed E-state index contributed by atoms with van der Waals surface area (Å²) in [5, 5.41) is 3.47. The first-order chi connectivity index (χ1) is 14.6. The summed E-state index contributed by atoms with van der Waals surface area (Å²) in [6.45, 7) is 0.0814. The first kappa shape index (κ1) is 21.2. The van der Waals surface area contributed by atoms with Crippen LogP contribution in [-0.2, 0) is 16.0 Å². The summed E-state index contributed by atoms with van der Waals surface area (Å²) >= 11 is 5.85. The van der Waals surface area contributed by atoms with E-state index in [0.717, 1.165) is 11.1 Å². The van der Waals surface area contributed by atoms with Gasteiger partial charge in [-0.05, 0) is 59.7 Å². The Morgan fingerprint density at radius 1 is 0.933 bits per heavy atom. The van der Waals surface area contributed by atoms with Crippen molar-refractivity contribution < 1.29 is 19.1 Å². The van der Waals surface area contributed by atoms with Crippen molar-refractivity contribution in [2.75, 3.05) is 19.0 Å². The SMILES string of the molecule is COc1ccc(C(=C=O)COc2ccc(NC(=O)Cc3ccc(Cl)cc3)cc2)cc1. The van der Waals surface area contributed by atoms with Crippen LogP contribution in [0.2, 0.25) is 5.02 Å². The van der Waals surface area contributed by atoms with Gasteiger partial charge in [-0.1, -0.05) is 35.9 Å². The highest BCUT2D eigenvalue weighted by molar-refractivity contribution is 6.30. The van der Waals surface area contributed by atoms with Crippen molar-refractivity contribution in [3.8, 4) is 11.5 Å². The van der Waals surface area contributed by atoms with Crippen LogP contribution in [-0.4, -0.2) is 25.6 Å². The summed E-state index contributed by atoms with van der Waals surface area (Å²) in [6, 6.07) is 21.2. The molecular formula is C24H20ClNO4. The van der Waals surface area contributed by atoms with Gasteiger partial charge in [-0.15, -0.1) is 0 Å². The van der Waals surface area contributed by atoms with E-state index in [9.17, 15) is 9.59 Å². The molecule has 5 nitrogen and oxygen atoms in total. The fourth-order valence-electron chi connectivity index (χ4n) is 2.75. The summed E-state index contributed by atoms with van der Waals surface area (Å²) in [6.07, 6.45) is 0.255. The predicted octanol–water partition coefficient (Wildman–Crippen LogP) is 4.82. The number of hydrogen-bond donors (Lipinski definition) is 1. The second-order valence-corrected chi connectivity index (χ2v) is 6.91. The Hall–Kier alpha value is -3.53. The third-order valence-electron chi connectivity index (χ3n) is 4.36. The second kappa shape index (κ2) is 10.3. The molecule has 1 amide bonds. The molecule has 0 heterocycles. The normalized spacial score (nSPS) is 10.1. The predicted molar refractivity (Wildman–Crippen MR) is 118 cm³/mol. The van der Waals surface area contributed by atoms with Crippen LogP contribution in [0.4, 0.5) is 5.69 Å². The molecule has 0 aliphatic rings. The number of carbonyl (C=O) groups excluding carboxylic acids is 2. The van der Waals surface area contributed by atoms with Gasteiger partial charge < -0.3 is 14.8 Å². The fraction of sp³-hybridized carbons (Fsp3) is 0.125. The van der Waals surface area contributed by atoms with Crippen molar-refractivity contribution in [2.24, 2.45) is 0 Å². The highest BCUT2D eigenvalue weighted by atomic mass is 35.5. The van der Waals surface area contributed by atoms with Crippen LogP contribution in [0.1, 0.15) is 11.1 Å². The van der Waals surface area contributed by atoms with E-state index in [1.165, 1.54) is 0 Å². The van der Waals surface area contributed by atoms with Crippen LogP contribution in [0, 0.1) is 0 Å². The molecule has 0 unspecified atom stereocenters. The number of methoxy groups -OCH3 is 1. The minimum atomic E-state index is -0.128. The molecule has 0 atom stereocenters. The molecule has 0 saturated carbocycles. The van der Waals surface area contributed by atoms with Crippen molar-refractivity contribution in [1.29, 1.82) is 0 Å². The van der Waals surface area contributed by atoms with E-state index in [4.69, 9.17) is 21.1 Å². The zero-order valence-corrected chi connectivity index (χ0v) is 17.1. The molecule has 0 aliphatic carbocycles. The Morgan fingerprint density at radius 2 is 1.57 bits per heavy atom. The third-order valence-corrected chi connectivity index (χ3v) is 4.61. The molecule has 152 valence electrons. The number of ether oxygens (including phenoxy) is 2. The van der Waals surface area contributed by atoms with Crippen molar-refractivity contribution >= 4 is 34.7 Å². The number of rotatable bonds is 8. The van der Waals surface area contributed by atoms with Crippen LogP contribution in [0.5, 0.6) is 11.5 Å². The quantitative estimate of drug-likeness (QED) is 0.529. The molecule has 3 rings (SSSR count). The lowest BCUT2D eigenvalue weighted by atomic mass is 10.1. The molecule has 3 aromatic rings. The summed E-state index contributed by atoms with van der Waals surface area (Å²) in [5.41, 5.74) is 2.65. The van der Waals surface area contributed by atoms with Crippen molar-refractivity contribution in [1.82, 2.24) is 0 Å². The summed E-state index contributed by atoms with van der Waals surface area (Å²) < 4.78 is 10.8. The maximum Gasteiger partial charge on any atom is 0.228 e. The van der Waals surface area contributed by atoms with Crippen molar-refractivity contribution in [3.63, 3.8) is 0 Å². The molecule has 0 radical (unpaired) electrons. The number of amides is 1. The molecule has 0 spiro atoms. The first-order valence-corrected chi connectivity index (χ1v) is 9.61.